The van der Waals surface area contributed by atoms with E-state index in [2.05, 4.69) is 5.32 Å². The van der Waals surface area contributed by atoms with E-state index >= 15 is 0 Å². The summed E-state index contributed by atoms with van der Waals surface area (Å²) in [7, 11) is 1.41. The summed E-state index contributed by atoms with van der Waals surface area (Å²) < 4.78 is 16.6. The van der Waals surface area contributed by atoms with Gasteiger partial charge in [-0.25, -0.2) is 9.59 Å². The van der Waals surface area contributed by atoms with Crippen LogP contribution in [0.5, 0.6) is 11.5 Å². The molecule has 0 aromatic heterocycles. The first kappa shape index (κ1) is 26.2. The van der Waals surface area contributed by atoms with E-state index in [1.165, 1.54) is 24.1 Å². The Hall–Kier alpha value is -4.86. The molecule has 10 nitrogen and oxygen atoms in total. The van der Waals surface area contributed by atoms with E-state index in [9.17, 15) is 19.7 Å². The van der Waals surface area contributed by atoms with Gasteiger partial charge in [0.25, 0.3) is 5.69 Å². The van der Waals surface area contributed by atoms with Crippen molar-refractivity contribution in [3.8, 4) is 11.5 Å². The molecule has 0 saturated heterocycles. The van der Waals surface area contributed by atoms with Gasteiger partial charge in [-0.2, -0.15) is 0 Å². The first-order valence-corrected chi connectivity index (χ1v) is 11.9. The number of esters is 1. The molecule has 0 radical (unpaired) electrons. The van der Waals surface area contributed by atoms with Crippen molar-refractivity contribution in [3.05, 3.63) is 105 Å². The monoisotopic (exact) mass is 517 g/mol. The van der Waals surface area contributed by atoms with Gasteiger partial charge in [0.1, 0.15) is 6.61 Å². The van der Waals surface area contributed by atoms with Gasteiger partial charge in [0.15, 0.2) is 11.5 Å². The number of amides is 2. The van der Waals surface area contributed by atoms with Crippen LogP contribution in [0, 0.1) is 10.1 Å². The van der Waals surface area contributed by atoms with Crippen molar-refractivity contribution < 1.29 is 28.7 Å². The number of carbonyl (C=O) groups excluding carboxylic acids is 2. The van der Waals surface area contributed by atoms with E-state index in [1.54, 1.807) is 44.2 Å². The quantitative estimate of drug-likeness (QED) is 0.233. The number of nitrogens with zero attached hydrogens (tertiary/aromatic N) is 2. The van der Waals surface area contributed by atoms with Crippen LogP contribution in [0.25, 0.3) is 0 Å². The molecule has 0 spiro atoms. The molecule has 1 heterocycles. The van der Waals surface area contributed by atoms with E-state index in [0.29, 0.717) is 11.4 Å². The van der Waals surface area contributed by atoms with Crippen LogP contribution in [0.3, 0.4) is 0 Å². The van der Waals surface area contributed by atoms with Gasteiger partial charge in [0, 0.05) is 5.70 Å². The third-order valence-electron chi connectivity index (χ3n) is 6.05. The maximum Gasteiger partial charge on any atom is 0.338 e. The number of benzene rings is 3. The van der Waals surface area contributed by atoms with Gasteiger partial charge in [-0.1, -0.05) is 48.5 Å². The fourth-order valence-corrected chi connectivity index (χ4v) is 4.30. The lowest BCUT2D eigenvalue weighted by atomic mass is 9.93. The molecule has 3 aromatic carbocycles. The highest BCUT2D eigenvalue weighted by Gasteiger charge is 2.40. The van der Waals surface area contributed by atoms with E-state index in [0.717, 1.165) is 5.56 Å². The second-order valence-corrected chi connectivity index (χ2v) is 8.37. The fraction of sp³-hybridized carbons (Fsp3) is 0.214. The maximum absolute atomic E-state index is 13.3. The van der Waals surface area contributed by atoms with E-state index in [4.69, 9.17) is 14.2 Å². The number of hydrogen-bond acceptors (Lipinski definition) is 7. The summed E-state index contributed by atoms with van der Waals surface area (Å²) in [6.07, 6.45) is 0. The highest BCUT2D eigenvalue weighted by atomic mass is 16.6. The van der Waals surface area contributed by atoms with Gasteiger partial charge in [0.2, 0.25) is 0 Å². The summed E-state index contributed by atoms with van der Waals surface area (Å²) in [5, 5.41) is 14.9. The van der Waals surface area contributed by atoms with Crippen LogP contribution in [0.1, 0.15) is 31.0 Å². The number of nitro benzene ring substituents is 1. The van der Waals surface area contributed by atoms with Crippen LogP contribution >= 0.6 is 0 Å². The second kappa shape index (κ2) is 11.5. The number of urea groups is 1. The Balaban J connectivity index is 1.82. The molecule has 4 rings (SSSR count). The molecular weight excluding hydrogens is 490 g/mol. The molecule has 0 fully saturated rings. The molecule has 1 aliphatic heterocycles. The number of allylic oxidation sites excluding steroid dienone is 1. The number of ether oxygens (including phenoxy) is 3. The summed E-state index contributed by atoms with van der Waals surface area (Å²) in [6.45, 7) is 3.50. The van der Waals surface area contributed by atoms with Crippen LogP contribution in [0.2, 0.25) is 0 Å². The van der Waals surface area contributed by atoms with Gasteiger partial charge in [0.05, 0.1) is 47.6 Å². The Morgan fingerprint density at radius 2 is 1.71 bits per heavy atom. The van der Waals surface area contributed by atoms with Crippen molar-refractivity contribution in [2.24, 2.45) is 0 Å². The lowest BCUT2D eigenvalue weighted by Gasteiger charge is -2.35. The van der Waals surface area contributed by atoms with Gasteiger partial charge in [-0.3, -0.25) is 15.0 Å². The zero-order valence-corrected chi connectivity index (χ0v) is 21.2. The number of hydrogen-bond donors (Lipinski definition) is 1. The molecular formula is C28H27N3O7. The smallest absolute Gasteiger partial charge is 0.338 e. The summed E-state index contributed by atoms with van der Waals surface area (Å²) in [4.78, 5) is 39.4. The SMILES string of the molecule is CCOC(=O)C1=C(C)N(c2ccccc2)C(=O)N[C@H]1c1cc(OC)c(OCc2ccccc2)cc1[N+](=O)[O-]. The Labute approximate surface area is 219 Å². The summed E-state index contributed by atoms with van der Waals surface area (Å²) >= 11 is 0. The minimum atomic E-state index is -1.17. The van der Waals surface area contributed by atoms with Crippen molar-refractivity contribution in [1.29, 1.82) is 0 Å². The fourth-order valence-electron chi connectivity index (χ4n) is 4.30. The molecule has 3 aromatic rings. The summed E-state index contributed by atoms with van der Waals surface area (Å²) in [6, 6.07) is 19.0. The number of para-hydroxylation sites is 1. The molecule has 196 valence electrons. The average molecular weight is 518 g/mol. The Morgan fingerprint density at radius 1 is 1.05 bits per heavy atom. The zero-order valence-electron chi connectivity index (χ0n) is 21.2. The highest BCUT2D eigenvalue weighted by molar-refractivity contribution is 6.03. The summed E-state index contributed by atoms with van der Waals surface area (Å²) in [5.41, 5.74) is 1.47. The van der Waals surface area contributed by atoms with E-state index in [-0.39, 0.29) is 41.5 Å². The van der Waals surface area contributed by atoms with E-state index < -0.39 is 23.0 Å². The van der Waals surface area contributed by atoms with Crippen molar-refractivity contribution >= 4 is 23.4 Å². The van der Waals surface area contributed by atoms with Crippen molar-refractivity contribution in [2.75, 3.05) is 18.6 Å². The minimum Gasteiger partial charge on any atom is -0.493 e. The van der Waals surface area contributed by atoms with Gasteiger partial charge in [-0.15, -0.1) is 0 Å². The molecule has 1 aliphatic rings. The first-order valence-electron chi connectivity index (χ1n) is 11.9. The molecule has 0 saturated carbocycles. The number of nitro groups is 1. The van der Waals surface area contributed by atoms with Crippen LogP contribution < -0.4 is 19.7 Å². The largest absolute Gasteiger partial charge is 0.493 e. The third-order valence-corrected chi connectivity index (χ3v) is 6.05. The number of rotatable bonds is 9. The molecule has 2 amide bonds. The number of methoxy groups -OCH3 is 1. The lowest BCUT2D eigenvalue weighted by Crippen LogP contribution is -2.48. The molecule has 38 heavy (non-hydrogen) atoms. The van der Waals surface area contributed by atoms with Crippen molar-refractivity contribution in [2.45, 2.75) is 26.5 Å². The average Bonchev–Trinajstić information content (AvgIpc) is 2.92. The second-order valence-electron chi connectivity index (χ2n) is 8.37. The van der Waals surface area contributed by atoms with Crippen molar-refractivity contribution in [3.63, 3.8) is 0 Å². The van der Waals surface area contributed by atoms with Gasteiger partial charge < -0.3 is 19.5 Å². The molecule has 0 unspecified atom stereocenters. The number of carbonyl (C=O) groups is 2. The molecule has 0 aliphatic carbocycles. The number of nitrogens with one attached hydrogen (secondary N) is 1. The Bertz CT molecular complexity index is 1370. The van der Waals surface area contributed by atoms with Gasteiger partial charge in [-0.05, 0) is 37.6 Å². The Morgan fingerprint density at radius 3 is 2.32 bits per heavy atom. The molecule has 10 heteroatoms. The van der Waals surface area contributed by atoms with E-state index in [1.807, 2.05) is 30.3 Å². The Kier molecular flexibility index (Phi) is 7.91. The van der Waals surface area contributed by atoms with Crippen LogP contribution in [0.15, 0.2) is 84.1 Å². The standard InChI is InChI=1S/C28H27N3O7/c1-4-37-27(32)25-18(2)30(20-13-9-6-10-14-20)28(33)29-26(25)21-15-23(36-3)24(16-22(21)31(34)35)38-17-19-11-7-5-8-12-19/h5-16,26H,4,17H2,1-3H3,(H,29,33)/t26-/m0/s1. The first-order chi connectivity index (χ1) is 18.3. The highest BCUT2D eigenvalue weighted by Crippen LogP contribution is 2.42. The zero-order chi connectivity index (χ0) is 27.2. The third kappa shape index (κ3) is 5.29. The molecule has 0 bridgehead atoms. The molecule has 1 atom stereocenters. The molecule has 1 N–H and O–H groups in total. The normalized spacial score (nSPS) is 15.1. The van der Waals surface area contributed by atoms with Crippen LogP contribution in [-0.4, -0.2) is 30.6 Å². The summed E-state index contributed by atoms with van der Waals surface area (Å²) in [5.74, 6) is -0.339. The van der Waals surface area contributed by atoms with Crippen LogP contribution in [-0.2, 0) is 16.1 Å². The van der Waals surface area contributed by atoms with Crippen molar-refractivity contribution in [1.82, 2.24) is 5.32 Å². The van der Waals surface area contributed by atoms with Gasteiger partial charge >= 0.3 is 12.0 Å². The minimum absolute atomic E-state index is 0.0578. The number of anilines is 1. The predicted octanol–water partition coefficient (Wildman–Crippen LogP) is 5.29. The maximum atomic E-state index is 13.3. The topological polar surface area (TPSA) is 120 Å². The lowest BCUT2D eigenvalue weighted by molar-refractivity contribution is -0.385. The predicted molar refractivity (Wildman–Crippen MR) is 140 cm³/mol. The van der Waals surface area contributed by atoms with Crippen LogP contribution in [0.4, 0.5) is 16.2 Å².